The van der Waals surface area contributed by atoms with Crippen LogP contribution in [-0.4, -0.2) is 52.3 Å². The lowest BCUT2D eigenvalue weighted by Crippen LogP contribution is -2.45. The zero-order valence-corrected chi connectivity index (χ0v) is 17.7. The number of hydrogen-bond donors (Lipinski definition) is 2. The molecule has 8 heteroatoms. The molecule has 0 unspecified atom stereocenters. The topological polar surface area (TPSA) is 81.6 Å². The largest absolute Gasteiger partial charge is 0.508 e. The number of benzene rings is 2. The van der Waals surface area contributed by atoms with Gasteiger partial charge in [0.1, 0.15) is 10.8 Å². The Kier molecular flexibility index (Phi) is 6.25. The lowest BCUT2D eigenvalue weighted by Gasteiger charge is -2.35. The fourth-order valence-electron chi connectivity index (χ4n) is 3.39. The highest BCUT2D eigenvalue weighted by Gasteiger charge is 2.20. The van der Waals surface area contributed by atoms with Crippen LogP contribution in [0.4, 0.5) is 5.69 Å². The number of nitrogens with zero attached hydrogens (tertiary/aromatic N) is 4. The van der Waals surface area contributed by atoms with Gasteiger partial charge in [0, 0.05) is 38.4 Å². The van der Waals surface area contributed by atoms with Gasteiger partial charge in [0.15, 0.2) is 0 Å². The van der Waals surface area contributed by atoms with Gasteiger partial charge in [-0.05, 0) is 36.8 Å². The van der Waals surface area contributed by atoms with Crippen LogP contribution in [0.2, 0.25) is 0 Å². The van der Waals surface area contributed by atoms with Gasteiger partial charge < -0.3 is 15.3 Å². The van der Waals surface area contributed by atoms with E-state index in [1.807, 2.05) is 43.3 Å². The highest BCUT2D eigenvalue weighted by Crippen LogP contribution is 2.21. The average molecular weight is 424 g/mol. The van der Waals surface area contributed by atoms with Gasteiger partial charge in [0.05, 0.1) is 6.54 Å². The smallest absolute Gasteiger partial charge is 0.282 e. The molecule has 0 saturated carbocycles. The normalized spacial score (nSPS) is 14.6. The second kappa shape index (κ2) is 9.23. The van der Waals surface area contributed by atoms with Crippen molar-refractivity contribution in [2.45, 2.75) is 20.0 Å². The number of aromatic nitrogens is 2. The molecule has 0 aliphatic carbocycles. The van der Waals surface area contributed by atoms with Crippen molar-refractivity contribution in [1.29, 1.82) is 0 Å². The molecule has 4 rings (SSSR count). The SMILES string of the molecule is Cc1ccc(CNC(=O)c2nnc(CN3CCN(c4ccc(O)cc4)CC3)s2)cc1. The molecule has 0 radical (unpaired) electrons. The number of rotatable bonds is 6. The summed E-state index contributed by atoms with van der Waals surface area (Å²) in [4.78, 5) is 17.0. The fraction of sp³-hybridized carbons (Fsp3) is 0.318. The van der Waals surface area contributed by atoms with E-state index < -0.39 is 0 Å². The van der Waals surface area contributed by atoms with Gasteiger partial charge in [0.25, 0.3) is 5.91 Å². The molecular weight excluding hydrogens is 398 g/mol. The second-order valence-electron chi connectivity index (χ2n) is 7.45. The highest BCUT2D eigenvalue weighted by molar-refractivity contribution is 7.13. The van der Waals surface area contributed by atoms with E-state index in [2.05, 4.69) is 25.3 Å². The quantitative estimate of drug-likeness (QED) is 0.635. The van der Waals surface area contributed by atoms with Gasteiger partial charge >= 0.3 is 0 Å². The fourth-order valence-corrected chi connectivity index (χ4v) is 4.19. The van der Waals surface area contributed by atoms with Crippen LogP contribution in [-0.2, 0) is 13.1 Å². The molecule has 1 saturated heterocycles. The third-order valence-electron chi connectivity index (χ3n) is 5.18. The lowest BCUT2D eigenvalue weighted by atomic mass is 10.1. The number of carbonyl (C=O) groups excluding carboxylic acids is 1. The average Bonchev–Trinajstić information content (AvgIpc) is 3.23. The number of anilines is 1. The first kappa shape index (κ1) is 20.3. The Balaban J connectivity index is 1.26. The van der Waals surface area contributed by atoms with Gasteiger partial charge in [-0.3, -0.25) is 9.69 Å². The van der Waals surface area contributed by atoms with E-state index in [0.29, 0.717) is 18.1 Å². The number of piperazine rings is 1. The molecule has 2 aromatic carbocycles. The maximum absolute atomic E-state index is 12.4. The molecule has 1 amide bonds. The van der Waals surface area contributed by atoms with Crippen molar-refractivity contribution in [2.75, 3.05) is 31.1 Å². The minimum Gasteiger partial charge on any atom is -0.508 e. The molecule has 1 aliphatic rings. The number of phenols is 1. The molecule has 2 heterocycles. The molecule has 7 nitrogen and oxygen atoms in total. The van der Waals surface area contributed by atoms with Crippen LogP contribution in [0.1, 0.15) is 25.9 Å². The molecule has 2 N–H and O–H groups in total. The summed E-state index contributed by atoms with van der Waals surface area (Å²) in [5, 5.41) is 21.9. The number of carbonyl (C=O) groups is 1. The van der Waals surface area contributed by atoms with Crippen LogP contribution in [0, 0.1) is 6.92 Å². The molecule has 1 aromatic heterocycles. The van der Waals surface area contributed by atoms with Crippen LogP contribution in [0.5, 0.6) is 5.75 Å². The highest BCUT2D eigenvalue weighted by atomic mass is 32.1. The van der Waals surface area contributed by atoms with Crippen molar-refractivity contribution in [3.8, 4) is 5.75 Å². The Morgan fingerprint density at radius 1 is 1.03 bits per heavy atom. The molecule has 1 aliphatic heterocycles. The summed E-state index contributed by atoms with van der Waals surface area (Å²) in [6.07, 6.45) is 0. The van der Waals surface area contributed by atoms with Crippen molar-refractivity contribution < 1.29 is 9.90 Å². The molecule has 0 spiro atoms. The molecular formula is C22H25N5O2S. The predicted octanol–water partition coefficient (Wildman–Crippen LogP) is 2.80. The summed E-state index contributed by atoms with van der Waals surface area (Å²) >= 11 is 1.35. The zero-order chi connectivity index (χ0) is 20.9. The molecule has 0 atom stereocenters. The van der Waals surface area contributed by atoms with Crippen molar-refractivity contribution in [2.24, 2.45) is 0 Å². The van der Waals surface area contributed by atoms with E-state index in [0.717, 1.165) is 42.4 Å². The van der Waals surface area contributed by atoms with E-state index >= 15 is 0 Å². The Labute approximate surface area is 180 Å². The lowest BCUT2D eigenvalue weighted by molar-refractivity contribution is 0.0950. The van der Waals surface area contributed by atoms with E-state index in [9.17, 15) is 9.90 Å². The molecule has 156 valence electrons. The zero-order valence-electron chi connectivity index (χ0n) is 16.9. The summed E-state index contributed by atoms with van der Waals surface area (Å²) in [6, 6.07) is 15.4. The number of aromatic hydroxyl groups is 1. The first-order valence-corrected chi connectivity index (χ1v) is 10.8. The predicted molar refractivity (Wildman–Crippen MR) is 118 cm³/mol. The van der Waals surface area contributed by atoms with Gasteiger partial charge in [-0.15, -0.1) is 10.2 Å². The Morgan fingerprint density at radius 3 is 2.43 bits per heavy atom. The minimum absolute atomic E-state index is 0.184. The second-order valence-corrected chi connectivity index (χ2v) is 8.51. The van der Waals surface area contributed by atoms with E-state index in [4.69, 9.17) is 0 Å². The summed E-state index contributed by atoms with van der Waals surface area (Å²) in [5.41, 5.74) is 3.38. The summed E-state index contributed by atoms with van der Waals surface area (Å²) in [5.74, 6) is 0.101. The van der Waals surface area contributed by atoms with Crippen molar-refractivity contribution >= 4 is 22.9 Å². The third kappa shape index (κ3) is 5.14. The Hall–Kier alpha value is -2.97. The van der Waals surface area contributed by atoms with E-state index in [1.54, 1.807) is 12.1 Å². The molecule has 30 heavy (non-hydrogen) atoms. The summed E-state index contributed by atoms with van der Waals surface area (Å²) in [6.45, 7) is 6.86. The van der Waals surface area contributed by atoms with Gasteiger partial charge in [-0.2, -0.15) is 0 Å². The van der Waals surface area contributed by atoms with Crippen LogP contribution in [0.15, 0.2) is 48.5 Å². The number of hydrogen-bond acceptors (Lipinski definition) is 7. The third-order valence-corrected chi connectivity index (χ3v) is 6.09. The maximum Gasteiger partial charge on any atom is 0.282 e. The Morgan fingerprint density at radius 2 is 1.73 bits per heavy atom. The molecule has 0 bridgehead atoms. The standard InChI is InChI=1S/C22H25N5O2S/c1-16-2-4-17(5-3-16)14-23-21(29)22-25-24-20(30-22)15-26-10-12-27(13-11-26)18-6-8-19(28)9-7-18/h2-9,28H,10-15H2,1H3,(H,23,29). The number of phenolic OH excluding ortho intramolecular Hbond substituents is 1. The number of aryl methyl sites for hydroxylation is 1. The van der Waals surface area contributed by atoms with Crippen molar-refractivity contribution in [1.82, 2.24) is 20.4 Å². The van der Waals surface area contributed by atoms with Gasteiger partial charge in [-0.1, -0.05) is 41.2 Å². The summed E-state index contributed by atoms with van der Waals surface area (Å²) < 4.78 is 0. The van der Waals surface area contributed by atoms with E-state index in [1.165, 1.54) is 16.9 Å². The molecule has 1 fully saturated rings. The van der Waals surface area contributed by atoms with Gasteiger partial charge in [0.2, 0.25) is 5.01 Å². The first-order chi connectivity index (χ1) is 14.6. The van der Waals surface area contributed by atoms with Crippen LogP contribution >= 0.6 is 11.3 Å². The van der Waals surface area contributed by atoms with Crippen molar-refractivity contribution in [3.63, 3.8) is 0 Å². The Bertz CT molecular complexity index is 980. The van der Waals surface area contributed by atoms with Gasteiger partial charge in [-0.25, -0.2) is 0 Å². The molecule has 3 aromatic rings. The summed E-state index contributed by atoms with van der Waals surface area (Å²) in [7, 11) is 0. The monoisotopic (exact) mass is 423 g/mol. The number of nitrogens with one attached hydrogen (secondary N) is 1. The minimum atomic E-state index is -0.184. The first-order valence-electron chi connectivity index (χ1n) is 9.99. The van der Waals surface area contributed by atoms with Crippen LogP contribution in [0.25, 0.3) is 0 Å². The van der Waals surface area contributed by atoms with E-state index in [-0.39, 0.29) is 11.7 Å². The van der Waals surface area contributed by atoms with Crippen LogP contribution in [0.3, 0.4) is 0 Å². The number of amides is 1. The van der Waals surface area contributed by atoms with Crippen LogP contribution < -0.4 is 10.2 Å². The maximum atomic E-state index is 12.4. The van der Waals surface area contributed by atoms with Crippen molar-refractivity contribution in [3.05, 3.63) is 69.7 Å².